The van der Waals surface area contributed by atoms with E-state index in [1.165, 1.54) is 44.9 Å². The van der Waals surface area contributed by atoms with Gasteiger partial charge in [0.25, 0.3) is 0 Å². The first-order chi connectivity index (χ1) is 6.41. The van der Waals surface area contributed by atoms with Crippen LogP contribution in [-0.2, 0) is 0 Å². The summed E-state index contributed by atoms with van der Waals surface area (Å²) in [5, 5.41) is 9.46. The third kappa shape index (κ3) is 12.0. The first kappa shape index (κ1) is 13.0. The molecule has 0 aliphatic carbocycles. The maximum absolute atomic E-state index is 8.31. The highest BCUT2D eigenvalue weighted by Crippen LogP contribution is 2.09. The Bertz CT molecular complexity index is 129. The Morgan fingerprint density at radius 2 is 1.23 bits per heavy atom. The minimum atomic E-state index is 0.740. The summed E-state index contributed by atoms with van der Waals surface area (Å²) < 4.78 is 0. The molecule has 76 valence electrons. The van der Waals surface area contributed by atoms with Crippen LogP contribution in [0.1, 0.15) is 57.8 Å². The van der Waals surface area contributed by atoms with E-state index in [0.717, 1.165) is 18.2 Å². The molecule has 0 aromatic carbocycles. The fourth-order valence-corrected chi connectivity index (χ4v) is 1.76. The van der Waals surface area contributed by atoms with Crippen molar-refractivity contribution in [1.82, 2.24) is 0 Å². The monoisotopic (exact) mass is 245 g/mol. The SMILES string of the molecule is N#CCCCCCCCCCCBr. The highest BCUT2D eigenvalue weighted by atomic mass is 79.9. The number of halogens is 1. The van der Waals surface area contributed by atoms with Gasteiger partial charge in [-0.2, -0.15) is 5.26 Å². The van der Waals surface area contributed by atoms with Crippen molar-refractivity contribution in [1.29, 1.82) is 5.26 Å². The minimum absolute atomic E-state index is 0.740. The lowest BCUT2D eigenvalue weighted by Crippen LogP contribution is -1.81. The lowest BCUT2D eigenvalue weighted by molar-refractivity contribution is 0.580. The van der Waals surface area contributed by atoms with Crippen LogP contribution in [-0.4, -0.2) is 5.33 Å². The molecule has 0 aliphatic heterocycles. The van der Waals surface area contributed by atoms with Crippen molar-refractivity contribution in [2.45, 2.75) is 57.8 Å². The van der Waals surface area contributed by atoms with Crippen molar-refractivity contribution >= 4 is 15.9 Å². The second-order valence-electron chi connectivity index (χ2n) is 3.43. The van der Waals surface area contributed by atoms with Crippen LogP contribution < -0.4 is 0 Å². The van der Waals surface area contributed by atoms with Gasteiger partial charge in [-0.15, -0.1) is 0 Å². The van der Waals surface area contributed by atoms with Gasteiger partial charge >= 0.3 is 0 Å². The van der Waals surface area contributed by atoms with Gasteiger partial charge in [-0.25, -0.2) is 0 Å². The van der Waals surface area contributed by atoms with Crippen LogP contribution in [0.3, 0.4) is 0 Å². The average molecular weight is 246 g/mol. The summed E-state index contributed by atoms with van der Waals surface area (Å²) >= 11 is 3.43. The number of unbranched alkanes of at least 4 members (excludes halogenated alkanes) is 8. The molecule has 0 rings (SSSR count). The first-order valence-corrected chi connectivity index (χ1v) is 6.47. The second-order valence-corrected chi connectivity index (χ2v) is 4.22. The molecule has 0 aromatic rings. The van der Waals surface area contributed by atoms with E-state index in [1.54, 1.807) is 0 Å². The predicted octanol–water partition coefficient (Wildman–Crippen LogP) is 4.42. The van der Waals surface area contributed by atoms with Crippen molar-refractivity contribution in [3.05, 3.63) is 0 Å². The standard InChI is InChI=1S/C11H20BrN/c12-10-8-6-4-2-1-3-5-7-9-11-13/h1-10H2. The highest BCUT2D eigenvalue weighted by molar-refractivity contribution is 9.09. The van der Waals surface area contributed by atoms with Crippen molar-refractivity contribution in [3.63, 3.8) is 0 Å². The summed E-state index contributed by atoms with van der Waals surface area (Å²) in [4.78, 5) is 0. The summed E-state index contributed by atoms with van der Waals surface area (Å²) in [6.45, 7) is 0. The number of alkyl halides is 1. The van der Waals surface area contributed by atoms with E-state index < -0.39 is 0 Å². The number of rotatable bonds is 9. The molecular formula is C11H20BrN. The molecule has 0 saturated carbocycles. The van der Waals surface area contributed by atoms with Crippen LogP contribution in [0.15, 0.2) is 0 Å². The smallest absolute Gasteiger partial charge is 0.0621 e. The lowest BCUT2D eigenvalue weighted by Gasteiger charge is -1.99. The fourth-order valence-electron chi connectivity index (χ4n) is 1.36. The summed E-state index contributed by atoms with van der Waals surface area (Å²) in [5.74, 6) is 0. The molecule has 0 bridgehead atoms. The summed E-state index contributed by atoms with van der Waals surface area (Å²) in [6.07, 6.45) is 11.2. The lowest BCUT2D eigenvalue weighted by atomic mass is 10.1. The Hall–Kier alpha value is -0.0300. The van der Waals surface area contributed by atoms with E-state index in [4.69, 9.17) is 5.26 Å². The molecule has 1 nitrogen and oxygen atoms in total. The Labute approximate surface area is 90.6 Å². The van der Waals surface area contributed by atoms with Crippen molar-refractivity contribution in [3.8, 4) is 6.07 Å². The summed E-state index contributed by atoms with van der Waals surface area (Å²) in [5.41, 5.74) is 0. The molecule has 0 radical (unpaired) electrons. The van der Waals surface area contributed by atoms with Crippen LogP contribution in [0, 0.1) is 11.3 Å². The van der Waals surface area contributed by atoms with Gasteiger partial charge in [0.1, 0.15) is 0 Å². The van der Waals surface area contributed by atoms with E-state index in [9.17, 15) is 0 Å². The maximum Gasteiger partial charge on any atom is 0.0621 e. The zero-order valence-corrected chi connectivity index (χ0v) is 9.98. The molecule has 0 saturated heterocycles. The first-order valence-electron chi connectivity index (χ1n) is 5.34. The number of hydrogen-bond acceptors (Lipinski definition) is 1. The van der Waals surface area contributed by atoms with Crippen molar-refractivity contribution in [2.24, 2.45) is 0 Å². The maximum atomic E-state index is 8.31. The Kier molecular flexibility index (Phi) is 11.9. The third-order valence-electron chi connectivity index (χ3n) is 2.17. The molecule has 0 aliphatic rings. The zero-order valence-electron chi connectivity index (χ0n) is 8.40. The quantitative estimate of drug-likeness (QED) is 0.436. The summed E-state index contributed by atoms with van der Waals surface area (Å²) in [7, 11) is 0. The van der Waals surface area contributed by atoms with Crippen LogP contribution in [0.4, 0.5) is 0 Å². The number of nitriles is 1. The van der Waals surface area contributed by atoms with Gasteiger partial charge in [0.2, 0.25) is 0 Å². The van der Waals surface area contributed by atoms with Gasteiger partial charge in [-0.05, 0) is 12.8 Å². The molecule has 0 aromatic heterocycles. The zero-order chi connectivity index (χ0) is 9.78. The molecule has 2 heteroatoms. The van der Waals surface area contributed by atoms with E-state index >= 15 is 0 Å². The average Bonchev–Trinajstić information content (AvgIpc) is 2.16. The van der Waals surface area contributed by atoms with Crippen LogP contribution in [0.25, 0.3) is 0 Å². The molecule has 0 spiro atoms. The topological polar surface area (TPSA) is 23.8 Å². The highest BCUT2D eigenvalue weighted by Gasteiger charge is 1.91. The van der Waals surface area contributed by atoms with Crippen LogP contribution in [0.2, 0.25) is 0 Å². The van der Waals surface area contributed by atoms with Gasteiger partial charge in [-0.1, -0.05) is 54.5 Å². The molecule has 0 atom stereocenters. The normalized spacial score (nSPS) is 9.85. The minimum Gasteiger partial charge on any atom is -0.198 e. The van der Waals surface area contributed by atoms with E-state index in [-0.39, 0.29) is 0 Å². The van der Waals surface area contributed by atoms with E-state index in [2.05, 4.69) is 22.0 Å². The number of nitrogens with zero attached hydrogens (tertiary/aromatic N) is 1. The van der Waals surface area contributed by atoms with Crippen molar-refractivity contribution in [2.75, 3.05) is 5.33 Å². The molecule has 0 N–H and O–H groups in total. The van der Waals surface area contributed by atoms with Gasteiger partial charge in [0, 0.05) is 11.8 Å². The molecule has 0 unspecified atom stereocenters. The van der Waals surface area contributed by atoms with E-state index in [0.29, 0.717) is 0 Å². The molecule has 0 amide bonds. The Balaban J connectivity index is 2.80. The van der Waals surface area contributed by atoms with Crippen LogP contribution >= 0.6 is 15.9 Å². The molecule has 13 heavy (non-hydrogen) atoms. The Morgan fingerprint density at radius 1 is 0.769 bits per heavy atom. The molecule has 0 fully saturated rings. The second kappa shape index (κ2) is 12.0. The fraction of sp³-hybridized carbons (Fsp3) is 0.909. The van der Waals surface area contributed by atoms with Gasteiger partial charge in [0.15, 0.2) is 0 Å². The third-order valence-corrected chi connectivity index (χ3v) is 2.73. The van der Waals surface area contributed by atoms with Crippen LogP contribution in [0.5, 0.6) is 0 Å². The number of hydrogen-bond donors (Lipinski definition) is 0. The van der Waals surface area contributed by atoms with Gasteiger partial charge in [-0.3, -0.25) is 0 Å². The summed E-state index contributed by atoms with van der Waals surface area (Å²) in [6, 6.07) is 2.18. The Morgan fingerprint density at radius 3 is 1.69 bits per heavy atom. The molecule has 0 heterocycles. The largest absolute Gasteiger partial charge is 0.198 e. The molecular weight excluding hydrogens is 226 g/mol. The predicted molar refractivity (Wildman–Crippen MR) is 61.0 cm³/mol. The van der Waals surface area contributed by atoms with Gasteiger partial charge < -0.3 is 0 Å². The van der Waals surface area contributed by atoms with Crippen molar-refractivity contribution < 1.29 is 0 Å². The van der Waals surface area contributed by atoms with E-state index in [1.807, 2.05) is 0 Å². The van der Waals surface area contributed by atoms with Gasteiger partial charge in [0.05, 0.1) is 6.07 Å².